The Bertz CT molecular complexity index is 800. The normalized spacial score (nSPS) is 15.9. The third-order valence-corrected chi connectivity index (χ3v) is 4.59. The molecule has 6 heteroatoms. The Morgan fingerprint density at radius 3 is 2.83 bits per heavy atom. The van der Waals surface area contributed by atoms with E-state index in [2.05, 4.69) is 15.1 Å². The van der Waals surface area contributed by atoms with Crippen molar-refractivity contribution >= 4 is 11.0 Å². The van der Waals surface area contributed by atoms with Crippen LogP contribution >= 0.6 is 0 Å². The zero-order chi connectivity index (χ0) is 16.5. The maximum atomic E-state index is 9.97. The third-order valence-electron chi connectivity index (χ3n) is 4.59. The first kappa shape index (κ1) is 15.3. The molecule has 1 fully saturated rings. The van der Waals surface area contributed by atoms with Crippen molar-refractivity contribution in [3.8, 4) is 0 Å². The Morgan fingerprint density at radius 1 is 1.25 bits per heavy atom. The number of imidazole rings is 1. The second-order valence-electron chi connectivity index (χ2n) is 6.61. The Hall–Kier alpha value is -2.21. The van der Waals surface area contributed by atoms with Gasteiger partial charge in [-0.05, 0) is 31.4 Å². The lowest BCUT2D eigenvalue weighted by atomic mass is 10.2. The minimum absolute atomic E-state index is 0.372. The molecule has 0 aliphatic heterocycles. The van der Waals surface area contributed by atoms with Gasteiger partial charge >= 0.3 is 0 Å². The summed E-state index contributed by atoms with van der Waals surface area (Å²) in [6.45, 7) is 2.50. The molecule has 0 amide bonds. The summed E-state index contributed by atoms with van der Waals surface area (Å²) in [5, 5.41) is 14.6. The summed E-state index contributed by atoms with van der Waals surface area (Å²) in [4.78, 5) is 12.7. The number of H-pyrrole nitrogens is 1. The number of aryl methyl sites for hydroxylation is 2. The van der Waals surface area contributed by atoms with Gasteiger partial charge in [0, 0.05) is 18.8 Å². The molecule has 1 aromatic carbocycles. The highest BCUT2D eigenvalue weighted by Crippen LogP contribution is 2.38. The summed E-state index contributed by atoms with van der Waals surface area (Å²) in [5.41, 5.74) is 2.06. The van der Waals surface area contributed by atoms with Gasteiger partial charge < -0.3 is 10.1 Å². The standard InChI is InChI=1S/C18H23N5O/c1-2-13(24)11-23-17(21-18(22-23)12-7-8-12)10-9-16-19-14-5-3-4-6-15(14)20-16/h3-6,12-13,24H,2,7-11H2,1H3,(H,19,20)/t13-/m0/s1. The van der Waals surface area contributed by atoms with E-state index in [4.69, 9.17) is 4.98 Å². The second-order valence-corrected chi connectivity index (χ2v) is 6.61. The van der Waals surface area contributed by atoms with Gasteiger partial charge in [0.25, 0.3) is 0 Å². The molecular formula is C18H23N5O. The molecule has 2 aromatic heterocycles. The third kappa shape index (κ3) is 3.19. The number of aromatic amines is 1. The number of aliphatic hydroxyl groups is 1. The van der Waals surface area contributed by atoms with Crippen LogP contribution in [0, 0.1) is 0 Å². The first-order chi connectivity index (χ1) is 11.7. The number of para-hydroxylation sites is 2. The molecule has 3 aromatic rings. The SMILES string of the molecule is CC[C@H](O)Cn1nc(C2CC2)nc1CCc1nc2ccccc2[nH]1. The molecule has 24 heavy (non-hydrogen) atoms. The maximum absolute atomic E-state index is 9.97. The lowest BCUT2D eigenvalue weighted by molar-refractivity contribution is 0.143. The molecular weight excluding hydrogens is 302 g/mol. The van der Waals surface area contributed by atoms with Crippen LogP contribution in [-0.2, 0) is 19.4 Å². The van der Waals surface area contributed by atoms with Gasteiger partial charge in [0.2, 0.25) is 0 Å². The lowest BCUT2D eigenvalue weighted by Gasteiger charge is -2.09. The molecule has 2 N–H and O–H groups in total. The van der Waals surface area contributed by atoms with E-state index in [-0.39, 0.29) is 6.10 Å². The van der Waals surface area contributed by atoms with Crippen molar-refractivity contribution in [3.05, 3.63) is 41.7 Å². The smallest absolute Gasteiger partial charge is 0.154 e. The van der Waals surface area contributed by atoms with E-state index in [9.17, 15) is 5.11 Å². The Balaban J connectivity index is 1.51. The van der Waals surface area contributed by atoms with E-state index in [1.165, 1.54) is 12.8 Å². The number of rotatable bonds is 7. The first-order valence-corrected chi connectivity index (χ1v) is 8.78. The maximum Gasteiger partial charge on any atom is 0.154 e. The molecule has 6 nitrogen and oxygen atoms in total. The average molecular weight is 325 g/mol. The fraction of sp³-hybridized carbons (Fsp3) is 0.500. The van der Waals surface area contributed by atoms with Crippen LogP contribution in [0.15, 0.2) is 24.3 Å². The Kier molecular flexibility index (Phi) is 4.06. The van der Waals surface area contributed by atoms with Gasteiger partial charge in [0.1, 0.15) is 11.6 Å². The van der Waals surface area contributed by atoms with E-state index < -0.39 is 0 Å². The molecule has 2 heterocycles. The minimum atomic E-state index is -0.372. The highest BCUT2D eigenvalue weighted by atomic mass is 16.3. The summed E-state index contributed by atoms with van der Waals surface area (Å²) in [7, 11) is 0. The molecule has 126 valence electrons. The van der Waals surface area contributed by atoms with Gasteiger partial charge in [-0.1, -0.05) is 19.1 Å². The molecule has 1 aliphatic rings. The van der Waals surface area contributed by atoms with Gasteiger partial charge in [-0.25, -0.2) is 14.6 Å². The zero-order valence-corrected chi connectivity index (χ0v) is 13.9. The van der Waals surface area contributed by atoms with Crippen LogP contribution < -0.4 is 0 Å². The molecule has 4 rings (SSSR count). The molecule has 0 saturated heterocycles. The summed E-state index contributed by atoms with van der Waals surface area (Å²) < 4.78 is 1.89. The molecule has 1 atom stereocenters. The van der Waals surface area contributed by atoms with Crippen LogP contribution in [0.1, 0.15) is 49.6 Å². The highest BCUT2D eigenvalue weighted by Gasteiger charge is 2.29. The fourth-order valence-corrected chi connectivity index (χ4v) is 2.92. The van der Waals surface area contributed by atoms with Crippen molar-refractivity contribution in [2.24, 2.45) is 0 Å². The Morgan fingerprint density at radius 2 is 2.08 bits per heavy atom. The van der Waals surface area contributed by atoms with Gasteiger partial charge in [-0.15, -0.1) is 0 Å². The van der Waals surface area contributed by atoms with Crippen molar-refractivity contribution in [2.75, 3.05) is 0 Å². The number of aromatic nitrogens is 5. The highest BCUT2D eigenvalue weighted by molar-refractivity contribution is 5.74. The molecule has 0 radical (unpaired) electrons. The number of aliphatic hydroxyl groups excluding tert-OH is 1. The largest absolute Gasteiger partial charge is 0.391 e. The second kappa shape index (κ2) is 6.36. The average Bonchev–Trinajstić information content (AvgIpc) is 3.24. The molecule has 0 bridgehead atoms. The first-order valence-electron chi connectivity index (χ1n) is 8.78. The minimum Gasteiger partial charge on any atom is -0.391 e. The quantitative estimate of drug-likeness (QED) is 0.700. The van der Waals surface area contributed by atoms with Crippen LogP contribution in [-0.4, -0.2) is 35.9 Å². The summed E-state index contributed by atoms with van der Waals surface area (Å²) in [5.74, 6) is 3.38. The van der Waals surface area contributed by atoms with Crippen LogP contribution in [0.2, 0.25) is 0 Å². The predicted molar refractivity (Wildman–Crippen MR) is 91.8 cm³/mol. The van der Waals surface area contributed by atoms with E-state index >= 15 is 0 Å². The van der Waals surface area contributed by atoms with E-state index in [0.717, 1.165) is 47.8 Å². The molecule has 0 unspecified atom stereocenters. The van der Waals surface area contributed by atoms with Crippen molar-refractivity contribution in [3.63, 3.8) is 0 Å². The summed E-state index contributed by atoms with van der Waals surface area (Å²) in [6, 6.07) is 8.06. The van der Waals surface area contributed by atoms with Gasteiger partial charge in [0.15, 0.2) is 5.82 Å². The van der Waals surface area contributed by atoms with E-state index in [1.54, 1.807) is 0 Å². The number of hydrogen-bond donors (Lipinski definition) is 2. The van der Waals surface area contributed by atoms with Crippen LogP contribution in [0.4, 0.5) is 0 Å². The van der Waals surface area contributed by atoms with Gasteiger partial charge in [0.05, 0.1) is 23.7 Å². The number of nitrogens with zero attached hydrogens (tertiary/aromatic N) is 4. The predicted octanol–water partition coefficient (Wildman–Crippen LogP) is 2.59. The lowest BCUT2D eigenvalue weighted by Crippen LogP contribution is -2.18. The summed E-state index contributed by atoms with van der Waals surface area (Å²) in [6.07, 6.45) is 4.29. The van der Waals surface area contributed by atoms with Crippen molar-refractivity contribution in [1.29, 1.82) is 0 Å². The molecule has 1 aliphatic carbocycles. The van der Waals surface area contributed by atoms with E-state index in [0.29, 0.717) is 12.5 Å². The molecule has 1 saturated carbocycles. The number of hydrogen-bond acceptors (Lipinski definition) is 4. The number of nitrogens with one attached hydrogen (secondary N) is 1. The zero-order valence-electron chi connectivity index (χ0n) is 13.9. The van der Waals surface area contributed by atoms with Gasteiger partial charge in [-0.2, -0.15) is 5.10 Å². The van der Waals surface area contributed by atoms with Crippen molar-refractivity contribution in [2.45, 2.75) is 57.6 Å². The fourth-order valence-electron chi connectivity index (χ4n) is 2.92. The number of benzene rings is 1. The van der Waals surface area contributed by atoms with Crippen molar-refractivity contribution in [1.82, 2.24) is 24.7 Å². The summed E-state index contributed by atoms with van der Waals surface area (Å²) >= 11 is 0. The van der Waals surface area contributed by atoms with Crippen LogP contribution in [0.5, 0.6) is 0 Å². The van der Waals surface area contributed by atoms with Crippen LogP contribution in [0.3, 0.4) is 0 Å². The molecule has 0 spiro atoms. The van der Waals surface area contributed by atoms with Gasteiger partial charge in [-0.3, -0.25) is 0 Å². The Labute approximate surface area is 140 Å². The van der Waals surface area contributed by atoms with Crippen LogP contribution in [0.25, 0.3) is 11.0 Å². The monoisotopic (exact) mass is 325 g/mol. The van der Waals surface area contributed by atoms with Crippen molar-refractivity contribution < 1.29 is 5.11 Å². The van der Waals surface area contributed by atoms with E-state index in [1.807, 2.05) is 35.9 Å². The number of fused-ring (bicyclic) bond motifs is 1. The topological polar surface area (TPSA) is 79.6 Å².